The van der Waals surface area contributed by atoms with Crippen LogP contribution in [0.3, 0.4) is 0 Å². The molecular formula is C19H15FN6O. The molecule has 8 heteroatoms. The van der Waals surface area contributed by atoms with Gasteiger partial charge in [-0.05, 0) is 30.3 Å². The summed E-state index contributed by atoms with van der Waals surface area (Å²) in [7, 11) is 0. The number of fused-ring (bicyclic) bond motifs is 3. The lowest BCUT2D eigenvalue weighted by atomic mass is 10.1. The smallest absolute Gasteiger partial charge is 0.330 e. The fourth-order valence-electron chi connectivity index (χ4n) is 3.46. The second-order valence-electron chi connectivity index (χ2n) is 6.41. The van der Waals surface area contributed by atoms with Gasteiger partial charge in [-0.25, -0.2) is 19.2 Å². The Morgan fingerprint density at radius 2 is 2.15 bits per heavy atom. The number of nitrogens with one attached hydrogen (secondary N) is 1. The number of rotatable bonds is 2. The Kier molecular flexibility index (Phi) is 3.49. The molecule has 3 aromatic heterocycles. The van der Waals surface area contributed by atoms with Crippen molar-refractivity contribution in [2.75, 3.05) is 21.7 Å². The number of hydrogen-bond acceptors (Lipinski definition) is 5. The summed E-state index contributed by atoms with van der Waals surface area (Å²) < 4.78 is 13.5. The minimum absolute atomic E-state index is 0.0582. The summed E-state index contributed by atoms with van der Waals surface area (Å²) in [5.74, 6) is 0.614. The second kappa shape index (κ2) is 6.01. The number of pyridine rings is 3. The maximum absolute atomic E-state index is 13.5. The van der Waals surface area contributed by atoms with Gasteiger partial charge in [0.2, 0.25) is 0 Å². The number of urea groups is 1. The fourth-order valence-corrected chi connectivity index (χ4v) is 3.46. The highest BCUT2D eigenvalue weighted by Crippen LogP contribution is 2.45. The molecule has 1 fully saturated rings. The van der Waals surface area contributed by atoms with Crippen molar-refractivity contribution in [1.29, 1.82) is 0 Å². The zero-order valence-electron chi connectivity index (χ0n) is 14.2. The first-order valence-corrected chi connectivity index (χ1v) is 8.60. The van der Waals surface area contributed by atoms with Crippen LogP contribution in [-0.4, -0.2) is 33.7 Å². The number of halogens is 1. The minimum atomic E-state index is -0.427. The van der Waals surface area contributed by atoms with Crippen molar-refractivity contribution in [2.24, 2.45) is 0 Å². The van der Waals surface area contributed by atoms with Crippen LogP contribution in [0.15, 0.2) is 55.0 Å². The maximum atomic E-state index is 13.5. The van der Waals surface area contributed by atoms with Crippen LogP contribution in [0.2, 0.25) is 0 Å². The first-order valence-electron chi connectivity index (χ1n) is 8.60. The number of nitrogens with zero attached hydrogens (tertiary/aromatic N) is 5. The molecule has 1 N–H and O–H groups in total. The third-order valence-electron chi connectivity index (χ3n) is 4.80. The monoisotopic (exact) mass is 362 g/mol. The summed E-state index contributed by atoms with van der Waals surface area (Å²) in [5, 5.41) is 2.81. The van der Waals surface area contributed by atoms with E-state index in [1.165, 1.54) is 6.07 Å². The Morgan fingerprint density at radius 1 is 1.22 bits per heavy atom. The standard InChI is InChI=1S/C19H15FN6O/c20-13-9-12(10-21-11-13)14-4-5-15-18(23-14)26(17-6-8-25(15)17)19(27)24-16-3-1-2-7-22-16/h1-5,7,9-11,17H,6,8H2,(H,22,24,27). The zero-order valence-corrected chi connectivity index (χ0v) is 14.2. The molecule has 0 saturated carbocycles. The Bertz CT molecular complexity index is 1030. The maximum Gasteiger partial charge on any atom is 0.330 e. The van der Waals surface area contributed by atoms with Gasteiger partial charge in [0.25, 0.3) is 0 Å². The summed E-state index contributed by atoms with van der Waals surface area (Å²) in [5.41, 5.74) is 2.03. The van der Waals surface area contributed by atoms with Crippen molar-refractivity contribution in [1.82, 2.24) is 15.0 Å². The number of aromatic nitrogens is 3. The van der Waals surface area contributed by atoms with Crippen LogP contribution in [0, 0.1) is 5.82 Å². The Balaban J connectivity index is 1.52. The number of anilines is 3. The molecule has 2 amide bonds. The SMILES string of the molecule is O=C(Nc1ccccn1)N1c2nc(-c3cncc(F)c3)ccc2N2CCC21. The van der Waals surface area contributed by atoms with E-state index in [4.69, 9.17) is 0 Å². The van der Waals surface area contributed by atoms with E-state index in [0.29, 0.717) is 22.9 Å². The first kappa shape index (κ1) is 15.7. The molecule has 2 aliphatic heterocycles. The molecule has 3 aromatic rings. The minimum Gasteiger partial charge on any atom is -0.347 e. The molecule has 7 nitrogen and oxygen atoms in total. The van der Waals surface area contributed by atoms with Gasteiger partial charge in [-0.2, -0.15) is 0 Å². The van der Waals surface area contributed by atoms with Gasteiger partial charge in [0.1, 0.15) is 17.8 Å². The second-order valence-corrected chi connectivity index (χ2v) is 6.41. The summed E-state index contributed by atoms with van der Waals surface area (Å²) in [6.07, 6.45) is 5.13. The average molecular weight is 362 g/mol. The molecule has 0 aliphatic carbocycles. The van der Waals surface area contributed by atoms with E-state index in [1.807, 2.05) is 18.2 Å². The van der Waals surface area contributed by atoms with Gasteiger partial charge < -0.3 is 4.90 Å². The van der Waals surface area contributed by atoms with E-state index >= 15 is 0 Å². The Labute approximate surface area is 154 Å². The molecule has 27 heavy (non-hydrogen) atoms. The van der Waals surface area contributed by atoms with E-state index in [9.17, 15) is 9.18 Å². The largest absolute Gasteiger partial charge is 0.347 e. The molecule has 1 saturated heterocycles. The van der Waals surface area contributed by atoms with Crippen LogP contribution in [-0.2, 0) is 0 Å². The van der Waals surface area contributed by atoms with Crippen LogP contribution in [0.1, 0.15) is 6.42 Å². The van der Waals surface area contributed by atoms with Crippen molar-refractivity contribution in [3.8, 4) is 11.3 Å². The predicted octanol–water partition coefficient (Wildman–Crippen LogP) is 3.27. The van der Waals surface area contributed by atoms with Crippen molar-refractivity contribution in [2.45, 2.75) is 12.6 Å². The van der Waals surface area contributed by atoms with E-state index < -0.39 is 5.82 Å². The van der Waals surface area contributed by atoms with Gasteiger partial charge in [0.05, 0.1) is 17.6 Å². The molecule has 2 aliphatic rings. The first-order chi connectivity index (χ1) is 13.2. The van der Waals surface area contributed by atoms with E-state index in [1.54, 1.807) is 29.4 Å². The number of amides is 2. The Morgan fingerprint density at radius 3 is 2.89 bits per heavy atom. The lowest BCUT2D eigenvalue weighted by molar-refractivity contribution is 0.252. The highest BCUT2D eigenvalue weighted by atomic mass is 19.1. The zero-order chi connectivity index (χ0) is 18.4. The van der Waals surface area contributed by atoms with Gasteiger partial charge in [0.15, 0.2) is 5.82 Å². The number of carbonyl (C=O) groups is 1. The summed E-state index contributed by atoms with van der Waals surface area (Å²) in [6, 6.07) is 10.2. The van der Waals surface area contributed by atoms with Gasteiger partial charge >= 0.3 is 6.03 Å². The quantitative estimate of drug-likeness (QED) is 0.757. The van der Waals surface area contributed by atoms with Crippen molar-refractivity contribution in [3.63, 3.8) is 0 Å². The molecular weight excluding hydrogens is 347 g/mol. The van der Waals surface area contributed by atoms with Crippen LogP contribution >= 0.6 is 0 Å². The normalized spacial score (nSPS) is 17.1. The van der Waals surface area contributed by atoms with E-state index in [0.717, 1.165) is 24.8 Å². The van der Waals surface area contributed by atoms with E-state index in [2.05, 4.69) is 25.2 Å². The van der Waals surface area contributed by atoms with Crippen molar-refractivity contribution < 1.29 is 9.18 Å². The van der Waals surface area contributed by atoms with E-state index in [-0.39, 0.29) is 12.2 Å². The topological polar surface area (TPSA) is 74.2 Å². The third-order valence-corrected chi connectivity index (χ3v) is 4.80. The molecule has 1 unspecified atom stereocenters. The van der Waals surface area contributed by atoms with Crippen molar-refractivity contribution in [3.05, 3.63) is 60.8 Å². The van der Waals surface area contributed by atoms with Crippen LogP contribution in [0.5, 0.6) is 0 Å². The molecule has 1 atom stereocenters. The molecule has 5 heterocycles. The molecule has 0 spiro atoms. The predicted molar refractivity (Wildman–Crippen MR) is 98.9 cm³/mol. The van der Waals surface area contributed by atoms with Gasteiger partial charge in [-0.15, -0.1) is 0 Å². The molecule has 0 radical (unpaired) electrons. The fraction of sp³-hybridized carbons (Fsp3) is 0.158. The average Bonchev–Trinajstić information content (AvgIpc) is 2.88. The lowest BCUT2D eigenvalue weighted by Crippen LogP contribution is -2.56. The van der Waals surface area contributed by atoms with Crippen LogP contribution in [0.25, 0.3) is 11.3 Å². The summed E-state index contributed by atoms with van der Waals surface area (Å²) in [4.78, 5) is 29.3. The summed E-state index contributed by atoms with van der Waals surface area (Å²) in [6.45, 7) is 0.869. The molecule has 0 aromatic carbocycles. The van der Waals surface area contributed by atoms with Gasteiger partial charge in [-0.3, -0.25) is 15.2 Å². The lowest BCUT2D eigenvalue weighted by Gasteiger charge is -2.39. The molecule has 134 valence electrons. The van der Waals surface area contributed by atoms with Crippen molar-refractivity contribution >= 4 is 23.4 Å². The highest BCUT2D eigenvalue weighted by Gasteiger charge is 2.46. The third kappa shape index (κ3) is 2.57. The number of hydrogen-bond donors (Lipinski definition) is 1. The van der Waals surface area contributed by atoms with Crippen LogP contribution < -0.4 is 15.1 Å². The summed E-state index contributed by atoms with van der Waals surface area (Å²) >= 11 is 0. The van der Waals surface area contributed by atoms with Gasteiger partial charge in [-0.1, -0.05) is 6.07 Å². The molecule has 5 rings (SSSR count). The highest BCUT2D eigenvalue weighted by molar-refractivity contribution is 6.06. The van der Waals surface area contributed by atoms with Gasteiger partial charge in [0, 0.05) is 30.9 Å². The van der Waals surface area contributed by atoms with Crippen LogP contribution in [0.4, 0.5) is 26.5 Å². The molecule has 0 bridgehead atoms. The number of carbonyl (C=O) groups excluding carboxylic acids is 1. The Hall–Kier alpha value is -3.55.